The van der Waals surface area contributed by atoms with Gasteiger partial charge in [0.1, 0.15) is 0 Å². The van der Waals surface area contributed by atoms with Gasteiger partial charge in [-0.1, -0.05) is 31.5 Å². The number of thiophene rings is 1. The first kappa shape index (κ1) is 20.2. The van der Waals surface area contributed by atoms with Crippen molar-refractivity contribution in [2.45, 2.75) is 19.8 Å². The van der Waals surface area contributed by atoms with Gasteiger partial charge in [-0.3, -0.25) is 4.79 Å². The van der Waals surface area contributed by atoms with Gasteiger partial charge in [-0.2, -0.15) is 5.10 Å². The highest BCUT2D eigenvalue weighted by molar-refractivity contribution is 7.80. The lowest BCUT2D eigenvalue weighted by Crippen LogP contribution is -2.29. The average molecular weight is 436 g/mol. The molecule has 3 aromatic heterocycles. The third-order valence-electron chi connectivity index (χ3n) is 4.62. The number of aromatic nitrogens is 3. The number of carbonyl (C=O) groups excluding carboxylic acids is 1. The van der Waals surface area contributed by atoms with Crippen LogP contribution in [0.15, 0.2) is 60.2 Å². The van der Waals surface area contributed by atoms with Gasteiger partial charge in [0.05, 0.1) is 22.3 Å². The molecule has 0 saturated carbocycles. The fraction of sp³-hybridized carbons (Fsp3) is 0.182. The summed E-state index contributed by atoms with van der Waals surface area (Å²) in [5.41, 5.74) is 3.71. The molecule has 6 nitrogen and oxygen atoms in total. The van der Waals surface area contributed by atoms with Crippen molar-refractivity contribution in [1.82, 2.24) is 19.9 Å². The van der Waals surface area contributed by atoms with Crippen LogP contribution in [0.2, 0.25) is 0 Å². The Morgan fingerprint density at radius 1 is 1.23 bits per heavy atom. The van der Waals surface area contributed by atoms with Crippen LogP contribution in [-0.4, -0.2) is 32.0 Å². The molecule has 152 valence electrons. The fourth-order valence-corrected chi connectivity index (χ4v) is 4.02. The van der Waals surface area contributed by atoms with Crippen LogP contribution in [0.5, 0.6) is 0 Å². The monoisotopic (exact) mass is 435 g/mol. The molecule has 3 heterocycles. The molecule has 0 saturated heterocycles. The quantitative estimate of drug-likeness (QED) is 0.247. The Kier molecular flexibility index (Phi) is 6.15. The van der Waals surface area contributed by atoms with Crippen molar-refractivity contribution >= 4 is 45.8 Å². The second-order valence-electron chi connectivity index (χ2n) is 6.75. The number of thiocarbonyl (C=S) groups is 1. The molecule has 2 N–H and O–H groups in total. The minimum absolute atomic E-state index is 0.0661. The van der Waals surface area contributed by atoms with Crippen LogP contribution in [-0.2, 0) is 0 Å². The predicted molar refractivity (Wildman–Crippen MR) is 125 cm³/mol. The van der Waals surface area contributed by atoms with Crippen LogP contribution in [0.3, 0.4) is 0 Å². The Labute approximate surface area is 184 Å². The van der Waals surface area contributed by atoms with Gasteiger partial charge >= 0.3 is 0 Å². The molecular weight excluding hydrogens is 414 g/mol. The number of benzene rings is 1. The summed E-state index contributed by atoms with van der Waals surface area (Å²) in [5.74, 6) is -0.0661. The van der Waals surface area contributed by atoms with Crippen molar-refractivity contribution in [3.05, 3.63) is 70.7 Å². The second-order valence-corrected chi connectivity index (χ2v) is 8.10. The van der Waals surface area contributed by atoms with Crippen molar-refractivity contribution in [1.29, 1.82) is 0 Å². The van der Waals surface area contributed by atoms with Gasteiger partial charge in [-0.15, -0.1) is 11.3 Å². The van der Waals surface area contributed by atoms with Crippen LogP contribution in [0.1, 0.15) is 35.0 Å². The minimum atomic E-state index is -0.0661. The van der Waals surface area contributed by atoms with Crippen LogP contribution in [0, 0.1) is 0 Å². The lowest BCUT2D eigenvalue weighted by Gasteiger charge is -2.12. The smallest absolute Gasteiger partial charge is 0.208 e. The summed E-state index contributed by atoms with van der Waals surface area (Å²) >= 11 is 6.78. The number of nitrogens with zero attached hydrogens (tertiary/aromatic N) is 3. The van der Waals surface area contributed by atoms with E-state index in [4.69, 9.17) is 12.2 Å². The molecule has 0 fully saturated rings. The van der Waals surface area contributed by atoms with Crippen molar-refractivity contribution in [3.8, 4) is 11.3 Å². The van der Waals surface area contributed by atoms with Gasteiger partial charge in [-0.25, -0.2) is 9.50 Å². The van der Waals surface area contributed by atoms with E-state index < -0.39 is 0 Å². The molecule has 4 aromatic rings. The summed E-state index contributed by atoms with van der Waals surface area (Å²) in [6.07, 6.45) is 5.48. The van der Waals surface area contributed by atoms with E-state index in [9.17, 15) is 4.79 Å². The first-order valence-electron chi connectivity index (χ1n) is 9.73. The zero-order chi connectivity index (χ0) is 20.9. The molecule has 4 rings (SSSR count). The third-order valence-corrected chi connectivity index (χ3v) is 5.74. The molecular formula is C22H21N5OS2. The van der Waals surface area contributed by atoms with E-state index in [0.717, 1.165) is 36.3 Å². The van der Waals surface area contributed by atoms with Crippen LogP contribution >= 0.6 is 23.6 Å². The van der Waals surface area contributed by atoms with Gasteiger partial charge < -0.3 is 10.6 Å². The Morgan fingerprint density at radius 3 is 2.93 bits per heavy atom. The van der Waals surface area contributed by atoms with Crippen molar-refractivity contribution in [2.24, 2.45) is 0 Å². The standard InChI is InChI=1S/C22H21N5OS2/c1-2-3-10-24-22(29)26-16-7-4-6-15(13-16)18-9-11-23-21-17(14-25-27(18)21)20(28)19-8-5-12-30-19/h4-9,11-14H,2-3,10H2,1H3,(H2,24,26,29). The number of anilines is 1. The number of hydrogen-bond donors (Lipinski definition) is 2. The maximum absolute atomic E-state index is 12.8. The summed E-state index contributed by atoms with van der Waals surface area (Å²) in [6.45, 7) is 2.99. The number of nitrogens with one attached hydrogen (secondary N) is 2. The summed E-state index contributed by atoms with van der Waals surface area (Å²) in [7, 11) is 0. The zero-order valence-corrected chi connectivity index (χ0v) is 18.1. The second kappa shape index (κ2) is 9.15. The number of unbranched alkanes of at least 4 members (excludes halogenated alkanes) is 1. The van der Waals surface area contributed by atoms with Gasteiger partial charge in [-0.05, 0) is 48.3 Å². The lowest BCUT2D eigenvalue weighted by molar-refractivity contribution is 0.104. The summed E-state index contributed by atoms with van der Waals surface area (Å²) in [6, 6.07) is 13.5. The molecule has 30 heavy (non-hydrogen) atoms. The molecule has 1 aromatic carbocycles. The Hall–Kier alpha value is -3.10. The van der Waals surface area contributed by atoms with E-state index in [1.807, 2.05) is 47.8 Å². The SMILES string of the molecule is CCCCNC(=S)Nc1cccc(-c2ccnc3c(C(=O)c4cccs4)cnn23)c1. The molecule has 0 radical (unpaired) electrons. The number of hydrogen-bond acceptors (Lipinski definition) is 5. The van der Waals surface area contributed by atoms with E-state index in [0.29, 0.717) is 21.2 Å². The number of fused-ring (bicyclic) bond motifs is 1. The Bertz CT molecular complexity index is 1180. The molecule has 0 aliphatic heterocycles. The number of carbonyl (C=O) groups is 1. The van der Waals surface area contributed by atoms with Crippen LogP contribution < -0.4 is 10.6 Å². The molecule has 0 bridgehead atoms. The van der Waals surface area contributed by atoms with Crippen LogP contribution in [0.4, 0.5) is 5.69 Å². The van der Waals surface area contributed by atoms with Gasteiger partial charge in [0, 0.05) is 24.0 Å². The van der Waals surface area contributed by atoms with E-state index >= 15 is 0 Å². The summed E-state index contributed by atoms with van der Waals surface area (Å²) in [4.78, 5) is 17.9. The minimum Gasteiger partial charge on any atom is -0.362 e. The molecule has 8 heteroatoms. The van der Waals surface area contributed by atoms with Gasteiger partial charge in [0.2, 0.25) is 5.78 Å². The molecule has 0 spiro atoms. The maximum Gasteiger partial charge on any atom is 0.208 e. The largest absolute Gasteiger partial charge is 0.362 e. The van der Waals surface area contributed by atoms with Crippen LogP contribution in [0.25, 0.3) is 16.9 Å². The summed E-state index contributed by atoms with van der Waals surface area (Å²) < 4.78 is 1.71. The first-order chi connectivity index (χ1) is 14.7. The van der Waals surface area contributed by atoms with E-state index in [1.165, 1.54) is 11.3 Å². The highest BCUT2D eigenvalue weighted by Gasteiger charge is 2.18. The molecule has 0 atom stereocenters. The zero-order valence-electron chi connectivity index (χ0n) is 16.5. The van der Waals surface area contributed by atoms with Gasteiger partial charge in [0.25, 0.3) is 0 Å². The molecule has 0 unspecified atom stereocenters. The third kappa shape index (κ3) is 4.24. The molecule has 0 aliphatic carbocycles. The van der Waals surface area contributed by atoms with E-state index in [2.05, 4.69) is 27.6 Å². The molecule has 0 aliphatic rings. The average Bonchev–Trinajstić information content (AvgIpc) is 3.44. The lowest BCUT2D eigenvalue weighted by atomic mass is 10.1. The van der Waals surface area contributed by atoms with E-state index in [1.54, 1.807) is 16.9 Å². The highest BCUT2D eigenvalue weighted by atomic mass is 32.1. The number of ketones is 1. The fourth-order valence-electron chi connectivity index (χ4n) is 3.12. The maximum atomic E-state index is 12.8. The number of rotatable bonds is 7. The van der Waals surface area contributed by atoms with Crippen molar-refractivity contribution in [3.63, 3.8) is 0 Å². The summed E-state index contributed by atoms with van der Waals surface area (Å²) in [5, 5.41) is 13.4. The topological polar surface area (TPSA) is 71.3 Å². The molecule has 0 amide bonds. The van der Waals surface area contributed by atoms with Gasteiger partial charge in [0.15, 0.2) is 10.8 Å². The highest BCUT2D eigenvalue weighted by Crippen LogP contribution is 2.25. The Balaban J connectivity index is 1.62. The first-order valence-corrected chi connectivity index (χ1v) is 11.0. The normalized spacial score (nSPS) is 10.8. The Morgan fingerprint density at radius 2 is 2.13 bits per heavy atom. The predicted octanol–water partition coefficient (Wildman–Crippen LogP) is 4.78. The van der Waals surface area contributed by atoms with Crippen molar-refractivity contribution in [2.75, 3.05) is 11.9 Å². The van der Waals surface area contributed by atoms with Crippen molar-refractivity contribution < 1.29 is 4.79 Å². The van der Waals surface area contributed by atoms with E-state index in [-0.39, 0.29) is 5.78 Å².